The van der Waals surface area contributed by atoms with Crippen molar-refractivity contribution in [3.8, 4) is 0 Å². The number of aliphatic hydroxyl groups excluding tert-OH is 3. The number of carbonyl (C=O) groups excluding carboxylic acids is 1. The summed E-state index contributed by atoms with van der Waals surface area (Å²) >= 11 is 0. The van der Waals surface area contributed by atoms with Gasteiger partial charge >= 0.3 is 0 Å². The number of hydrogen-bond acceptors (Lipinski definition) is 5. The second-order valence-electron chi connectivity index (χ2n) is 9.51. The molecule has 7 nitrogen and oxygen atoms in total. The summed E-state index contributed by atoms with van der Waals surface area (Å²) in [5.74, 6) is 0.115. The number of H-pyrrole nitrogens is 1. The van der Waals surface area contributed by atoms with Crippen LogP contribution in [0.25, 0.3) is 43.6 Å². The predicted molar refractivity (Wildman–Crippen MR) is 129 cm³/mol. The molecule has 172 valence electrons. The van der Waals surface area contributed by atoms with Crippen molar-refractivity contribution in [3.05, 3.63) is 59.7 Å². The number of para-hydroxylation sites is 2. The number of Topliss-reactive ketones (excluding diaryl/α,β-unsaturated/α-hetero) is 1. The highest BCUT2D eigenvalue weighted by Crippen LogP contribution is 2.47. The molecule has 2 aliphatic rings. The normalized spacial score (nSPS) is 27.4. The molecular formula is C27H24N2O5. The molecule has 0 bridgehead atoms. The lowest BCUT2D eigenvalue weighted by molar-refractivity contribution is -0.238. The summed E-state index contributed by atoms with van der Waals surface area (Å²) in [5, 5.41) is 35.7. The van der Waals surface area contributed by atoms with Crippen molar-refractivity contribution < 1.29 is 24.9 Å². The fourth-order valence-corrected chi connectivity index (χ4v) is 6.10. The topological polar surface area (TPSA) is 108 Å². The number of aromatic amines is 1. The van der Waals surface area contributed by atoms with Gasteiger partial charge in [0.1, 0.15) is 18.3 Å². The maximum absolute atomic E-state index is 13.2. The number of nitrogens with one attached hydrogen (secondary N) is 1. The van der Waals surface area contributed by atoms with Gasteiger partial charge in [-0.3, -0.25) is 4.79 Å². The van der Waals surface area contributed by atoms with Crippen LogP contribution in [0.4, 0.5) is 0 Å². The first kappa shape index (κ1) is 20.2. The Hall–Kier alpha value is -3.23. The molecule has 1 aliphatic carbocycles. The maximum Gasteiger partial charge on any atom is 0.164 e. The number of ketones is 1. The SMILES string of the molecule is CC1O[C@H](n2c3ccccc3c3c4c(c5c6ccccc6[nH]c5c32)CCC4=O)C(O)[C@@H](O)[C@H]1O. The van der Waals surface area contributed by atoms with Gasteiger partial charge in [-0.15, -0.1) is 0 Å². The Morgan fingerprint density at radius 3 is 2.47 bits per heavy atom. The van der Waals surface area contributed by atoms with E-state index < -0.39 is 30.6 Å². The summed E-state index contributed by atoms with van der Waals surface area (Å²) in [6, 6.07) is 15.8. The van der Waals surface area contributed by atoms with E-state index in [2.05, 4.69) is 11.1 Å². The van der Waals surface area contributed by atoms with E-state index in [0.717, 1.165) is 54.7 Å². The van der Waals surface area contributed by atoms with Gasteiger partial charge in [0.25, 0.3) is 0 Å². The minimum Gasteiger partial charge on any atom is -0.388 e. The van der Waals surface area contributed by atoms with E-state index in [1.165, 1.54) is 0 Å². The number of carbonyl (C=O) groups is 1. The first-order valence-electron chi connectivity index (χ1n) is 11.7. The highest BCUT2D eigenvalue weighted by Gasteiger charge is 2.44. The Labute approximate surface area is 194 Å². The number of ether oxygens (including phenoxy) is 1. The largest absolute Gasteiger partial charge is 0.388 e. The van der Waals surface area contributed by atoms with E-state index in [0.29, 0.717) is 12.8 Å². The molecule has 0 radical (unpaired) electrons. The second kappa shape index (κ2) is 6.90. The lowest BCUT2D eigenvalue weighted by Gasteiger charge is -2.40. The van der Waals surface area contributed by atoms with Crippen LogP contribution in [0.2, 0.25) is 0 Å². The first-order chi connectivity index (χ1) is 16.5. The number of hydrogen-bond donors (Lipinski definition) is 4. The third-order valence-corrected chi connectivity index (χ3v) is 7.67. The molecule has 5 atom stereocenters. The molecule has 1 fully saturated rings. The zero-order chi connectivity index (χ0) is 23.3. The number of nitrogens with zero attached hydrogens (tertiary/aromatic N) is 1. The molecule has 2 aromatic heterocycles. The average Bonchev–Trinajstić information content (AvgIpc) is 3.51. The van der Waals surface area contributed by atoms with Crippen LogP contribution in [0.1, 0.15) is 35.5 Å². The molecule has 0 amide bonds. The van der Waals surface area contributed by atoms with Crippen LogP contribution in [0.5, 0.6) is 0 Å². The van der Waals surface area contributed by atoms with E-state index >= 15 is 0 Å². The number of aromatic nitrogens is 2. The summed E-state index contributed by atoms with van der Waals surface area (Å²) in [5.41, 5.74) is 5.21. The number of aliphatic hydroxyl groups is 3. The van der Waals surface area contributed by atoms with Crippen LogP contribution in [0.15, 0.2) is 48.5 Å². The van der Waals surface area contributed by atoms with E-state index in [9.17, 15) is 20.1 Å². The molecule has 4 N–H and O–H groups in total. The Morgan fingerprint density at radius 1 is 0.912 bits per heavy atom. The quantitative estimate of drug-likeness (QED) is 0.309. The van der Waals surface area contributed by atoms with E-state index in [4.69, 9.17) is 4.74 Å². The Morgan fingerprint density at radius 2 is 1.65 bits per heavy atom. The highest BCUT2D eigenvalue weighted by atomic mass is 16.5. The van der Waals surface area contributed by atoms with Gasteiger partial charge in [-0.25, -0.2) is 0 Å². The number of benzene rings is 3. The third-order valence-electron chi connectivity index (χ3n) is 7.67. The second-order valence-corrected chi connectivity index (χ2v) is 9.51. The number of aryl methyl sites for hydroxylation is 1. The molecule has 7 heteroatoms. The van der Waals surface area contributed by atoms with Crippen LogP contribution in [-0.4, -0.2) is 55.1 Å². The van der Waals surface area contributed by atoms with Gasteiger partial charge in [0.05, 0.1) is 22.7 Å². The monoisotopic (exact) mass is 456 g/mol. The molecule has 1 aliphatic heterocycles. The Bertz CT molecular complexity index is 1650. The molecule has 3 aromatic carbocycles. The molecule has 34 heavy (non-hydrogen) atoms. The van der Waals surface area contributed by atoms with Crippen LogP contribution in [0.3, 0.4) is 0 Å². The molecule has 1 saturated heterocycles. The summed E-state index contributed by atoms with van der Waals surface area (Å²) in [6.45, 7) is 1.68. The fourth-order valence-electron chi connectivity index (χ4n) is 6.10. The highest BCUT2D eigenvalue weighted by molar-refractivity contribution is 6.30. The fraction of sp³-hybridized carbons (Fsp3) is 0.296. The van der Waals surface area contributed by atoms with Crippen molar-refractivity contribution in [2.75, 3.05) is 0 Å². The predicted octanol–water partition coefficient (Wildman–Crippen LogP) is 3.56. The summed E-state index contributed by atoms with van der Waals surface area (Å²) in [6.07, 6.45) is -4.39. The minimum absolute atomic E-state index is 0.115. The van der Waals surface area contributed by atoms with Gasteiger partial charge in [-0.2, -0.15) is 0 Å². The van der Waals surface area contributed by atoms with Crippen LogP contribution in [0, 0.1) is 0 Å². The van der Waals surface area contributed by atoms with E-state index in [-0.39, 0.29) is 5.78 Å². The first-order valence-corrected chi connectivity index (χ1v) is 11.7. The van der Waals surface area contributed by atoms with Crippen molar-refractivity contribution >= 4 is 49.4 Å². The summed E-state index contributed by atoms with van der Waals surface area (Å²) in [4.78, 5) is 16.8. The van der Waals surface area contributed by atoms with Gasteiger partial charge in [0.15, 0.2) is 12.0 Å². The van der Waals surface area contributed by atoms with Gasteiger partial charge in [-0.05, 0) is 31.0 Å². The smallest absolute Gasteiger partial charge is 0.164 e. The van der Waals surface area contributed by atoms with Crippen LogP contribution in [-0.2, 0) is 11.2 Å². The van der Waals surface area contributed by atoms with E-state index in [1.54, 1.807) is 6.92 Å². The third kappa shape index (κ3) is 2.42. The van der Waals surface area contributed by atoms with Crippen molar-refractivity contribution in [1.29, 1.82) is 0 Å². The zero-order valence-corrected chi connectivity index (χ0v) is 18.5. The van der Waals surface area contributed by atoms with Crippen LogP contribution >= 0.6 is 0 Å². The summed E-state index contributed by atoms with van der Waals surface area (Å²) in [7, 11) is 0. The average molecular weight is 456 g/mol. The lowest BCUT2D eigenvalue weighted by Crippen LogP contribution is -2.54. The Balaban J connectivity index is 1.70. The lowest BCUT2D eigenvalue weighted by atomic mass is 9.96. The maximum atomic E-state index is 13.2. The molecule has 2 unspecified atom stereocenters. The molecule has 0 saturated carbocycles. The van der Waals surface area contributed by atoms with Gasteiger partial charge in [0, 0.05) is 39.0 Å². The minimum atomic E-state index is -1.36. The molecule has 3 heterocycles. The number of fused-ring (bicyclic) bond motifs is 10. The van der Waals surface area contributed by atoms with Gasteiger partial charge in [0.2, 0.25) is 0 Å². The molecule has 7 rings (SSSR count). The van der Waals surface area contributed by atoms with Gasteiger partial charge < -0.3 is 29.6 Å². The molecule has 5 aromatic rings. The Kier molecular flexibility index (Phi) is 4.09. The van der Waals surface area contributed by atoms with Gasteiger partial charge in [-0.1, -0.05) is 36.4 Å². The van der Waals surface area contributed by atoms with Crippen LogP contribution < -0.4 is 0 Å². The summed E-state index contributed by atoms with van der Waals surface area (Å²) < 4.78 is 8.01. The number of rotatable bonds is 1. The molecule has 0 spiro atoms. The van der Waals surface area contributed by atoms with Crippen molar-refractivity contribution in [2.45, 2.75) is 50.4 Å². The standard InChI is InChI=1S/C27H24N2O5/c1-12-24(31)25(32)26(33)27(34-12)29-17-9-5-3-7-14(17)21-20-15(10-11-18(20)30)19-13-6-2-4-8-16(13)28-22(19)23(21)29/h2-9,12,24-28,31-33H,10-11H2,1H3/t12?,24-,25-,26?,27-/m0/s1. The van der Waals surface area contributed by atoms with Crippen molar-refractivity contribution in [2.24, 2.45) is 0 Å². The molecular weight excluding hydrogens is 432 g/mol. The van der Waals surface area contributed by atoms with Crippen molar-refractivity contribution in [3.63, 3.8) is 0 Å². The van der Waals surface area contributed by atoms with E-state index in [1.807, 2.05) is 47.0 Å². The zero-order valence-electron chi connectivity index (χ0n) is 18.5. The van der Waals surface area contributed by atoms with Crippen molar-refractivity contribution in [1.82, 2.24) is 9.55 Å².